The lowest BCUT2D eigenvalue weighted by atomic mass is 10.0. The number of aromatic nitrogens is 6. The lowest BCUT2D eigenvalue weighted by molar-refractivity contribution is 0.0714. The first kappa shape index (κ1) is 18.3. The Kier molecular flexibility index (Phi) is 4.62. The van der Waals surface area contributed by atoms with Crippen molar-refractivity contribution in [2.75, 3.05) is 18.4 Å². The minimum absolute atomic E-state index is 0.0121. The number of nitrogens with one attached hydrogen (secondary N) is 1. The average Bonchev–Trinajstić information content (AvgIpc) is 3.45. The van der Waals surface area contributed by atoms with E-state index < -0.39 is 0 Å². The van der Waals surface area contributed by atoms with E-state index in [-0.39, 0.29) is 11.9 Å². The molecule has 1 fully saturated rings. The molecule has 0 aliphatic carbocycles. The van der Waals surface area contributed by atoms with Crippen LogP contribution in [-0.2, 0) is 7.05 Å². The fraction of sp³-hybridized carbons (Fsp3) is 0.286. The molecule has 0 bridgehead atoms. The van der Waals surface area contributed by atoms with Crippen molar-refractivity contribution >= 4 is 22.6 Å². The molecule has 4 heterocycles. The van der Waals surface area contributed by atoms with E-state index in [9.17, 15) is 4.79 Å². The number of hydrogen-bond acceptors (Lipinski definition) is 6. The van der Waals surface area contributed by atoms with Gasteiger partial charge in [0.05, 0.1) is 40.7 Å². The van der Waals surface area contributed by atoms with E-state index in [1.165, 1.54) is 4.80 Å². The summed E-state index contributed by atoms with van der Waals surface area (Å²) in [5.74, 6) is 0.794. The summed E-state index contributed by atoms with van der Waals surface area (Å²) >= 11 is 0. The monoisotopic (exact) mass is 402 g/mol. The Morgan fingerprint density at radius 3 is 2.80 bits per heavy atom. The second-order valence-electron chi connectivity index (χ2n) is 7.43. The number of pyridine rings is 1. The van der Waals surface area contributed by atoms with Gasteiger partial charge >= 0.3 is 0 Å². The molecule has 9 heteroatoms. The number of amides is 1. The molecule has 5 rings (SSSR count). The molecule has 1 aromatic carbocycles. The summed E-state index contributed by atoms with van der Waals surface area (Å²) in [6.07, 6.45) is 8.72. The van der Waals surface area contributed by atoms with Gasteiger partial charge in [-0.05, 0) is 31.0 Å². The molecule has 1 N–H and O–H groups in total. The summed E-state index contributed by atoms with van der Waals surface area (Å²) in [7, 11) is 1.92. The van der Waals surface area contributed by atoms with Crippen molar-refractivity contribution in [2.45, 2.75) is 18.9 Å². The number of fused-ring (bicyclic) bond motifs is 1. The number of rotatable bonds is 4. The lowest BCUT2D eigenvalue weighted by Gasteiger charge is -2.34. The van der Waals surface area contributed by atoms with Crippen LogP contribution in [-0.4, -0.2) is 59.7 Å². The van der Waals surface area contributed by atoms with Crippen LogP contribution in [0.1, 0.15) is 23.2 Å². The smallest absolute Gasteiger partial charge is 0.256 e. The fourth-order valence-corrected chi connectivity index (χ4v) is 4.01. The van der Waals surface area contributed by atoms with Crippen molar-refractivity contribution < 1.29 is 4.79 Å². The molecule has 1 aliphatic heterocycles. The van der Waals surface area contributed by atoms with Crippen molar-refractivity contribution in [1.29, 1.82) is 0 Å². The highest BCUT2D eigenvalue weighted by atomic mass is 16.2. The van der Waals surface area contributed by atoms with E-state index in [2.05, 4.69) is 25.6 Å². The van der Waals surface area contributed by atoms with E-state index in [1.807, 2.05) is 53.2 Å². The zero-order chi connectivity index (χ0) is 20.5. The first-order chi connectivity index (χ1) is 14.7. The van der Waals surface area contributed by atoms with Crippen LogP contribution in [0.5, 0.6) is 0 Å². The van der Waals surface area contributed by atoms with E-state index in [0.29, 0.717) is 17.8 Å². The van der Waals surface area contributed by atoms with Gasteiger partial charge < -0.3 is 10.2 Å². The lowest BCUT2D eigenvalue weighted by Crippen LogP contribution is -2.45. The van der Waals surface area contributed by atoms with Crippen molar-refractivity contribution in [3.8, 4) is 5.69 Å². The van der Waals surface area contributed by atoms with Crippen molar-refractivity contribution in [2.24, 2.45) is 7.05 Å². The quantitative estimate of drug-likeness (QED) is 0.563. The predicted molar refractivity (Wildman–Crippen MR) is 112 cm³/mol. The molecule has 9 nitrogen and oxygen atoms in total. The summed E-state index contributed by atoms with van der Waals surface area (Å²) in [6.45, 7) is 1.33. The molecule has 1 aliphatic rings. The standard InChI is InChI=1S/C21H22N8O/c1-27-18-8-9-22-20(17(18)13-25-27)26-15-5-4-12-28(14-15)21(30)16-6-2-3-7-19(16)29-23-10-11-24-29/h2-3,6-11,13,15H,4-5,12,14H2,1H3,(H,22,26)/t15-/m1/s1. The van der Waals surface area contributed by atoms with Gasteiger partial charge in [0.1, 0.15) is 5.82 Å². The third kappa shape index (κ3) is 3.28. The van der Waals surface area contributed by atoms with Gasteiger partial charge in [0.25, 0.3) is 5.91 Å². The molecule has 3 aromatic heterocycles. The minimum atomic E-state index is -0.0121. The predicted octanol–water partition coefficient (Wildman–Crippen LogP) is 2.27. The van der Waals surface area contributed by atoms with E-state index >= 15 is 0 Å². The van der Waals surface area contributed by atoms with Gasteiger partial charge in [-0.15, -0.1) is 0 Å². The van der Waals surface area contributed by atoms with Crippen molar-refractivity contribution in [3.63, 3.8) is 0 Å². The Bertz CT molecular complexity index is 1180. The second-order valence-corrected chi connectivity index (χ2v) is 7.43. The van der Waals surface area contributed by atoms with Gasteiger partial charge in [-0.1, -0.05) is 12.1 Å². The summed E-state index contributed by atoms with van der Waals surface area (Å²) in [6, 6.07) is 9.51. The Balaban J connectivity index is 1.37. The first-order valence-electron chi connectivity index (χ1n) is 9.99. The number of hydrogen-bond donors (Lipinski definition) is 1. The minimum Gasteiger partial charge on any atom is -0.365 e. The average molecular weight is 402 g/mol. The van der Waals surface area contributed by atoms with E-state index in [0.717, 1.165) is 36.1 Å². The maximum Gasteiger partial charge on any atom is 0.256 e. The van der Waals surface area contributed by atoms with Crippen LogP contribution in [0.3, 0.4) is 0 Å². The number of benzene rings is 1. The molecule has 0 unspecified atom stereocenters. The van der Waals surface area contributed by atoms with Crippen LogP contribution < -0.4 is 5.32 Å². The van der Waals surface area contributed by atoms with Crippen molar-refractivity contribution in [3.05, 3.63) is 60.7 Å². The number of carbonyl (C=O) groups excluding carboxylic acids is 1. The van der Waals surface area contributed by atoms with Crippen molar-refractivity contribution in [1.82, 2.24) is 34.7 Å². The third-order valence-corrected chi connectivity index (χ3v) is 5.49. The Labute approximate surface area is 173 Å². The van der Waals surface area contributed by atoms with E-state index in [4.69, 9.17) is 0 Å². The number of aryl methyl sites for hydroxylation is 1. The molecular weight excluding hydrogens is 380 g/mol. The van der Waals surface area contributed by atoms with Gasteiger partial charge in [0, 0.05) is 32.4 Å². The van der Waals surface area contributed by atoms with Gasteiger partial charge in [0.15, 0.2) is 0 Å². The number of carbonyl (C=O) groups is 1. The topological polar surface area (TPSA) is 93.8 Å². The third-order valence-electron chi connectivity index (χ3n) is 5.49. The van der Waals surface area contributed by atoms with Gasteiger partial charge in [-0.3, -0.25) is 9.48 Å². The molecule has 1 atom stereocenters. The molecule has 4 aromatic rings. The largest absolute Gasteiger partial charge is 0.365 e. The maximum atomic E-state index is 13.3. The number of para-hydroxylation sites is 1. The molecule has 1 amide bonds. The molecule has 0 spiro atoms. The fourth-order valence-electron chi connectivity index (χ4n) is 4.01. The molecule has 0 saturated carbocycles. The summed E-state index contributed by atoms with van der Waals surface area (Å²) in [5.41, 5.74) is 2.31. The van der Waals surface area contributed by atoms with E-state index in [1.54, 1.807) is 18.6 Å². The normalized spacial score (nSPS) is 16.7. The molecule has 0 radical (unpaired) electrons. The number of nitrogens with zero attached hydrogens (tertiary/aromatic N) is 7. The Morgan fingerprint density at radius 2 is 1.93 bits per heavy atom. The highest BCUT2D eigenvalue weighted by Crippen LogP contribution is 2.24. The summed E-state index contributed by atoms with van der Waals surface area (Å²) < 4.78 is 1.83. The van der Waals surface area contributed by atoms with Crippen LogP contribution in [0.2, 0.25) is 0 Å². The van der Waals surface area contributed by atoms with Crippen LogP contribution in [0, 0.1) is 0 Å². The second kappa shape index (κ2) is 7.58. The number of piperidine rings is 1. The van der Waals surface area contributed by atoms with Gasteiger partial charge in [-0.25, -0.2) is 4.98 Å². The SMILES string of the molecule is Cn1ncc2c(N[C@@H]3CCCN(C(=O)c4ccccc4-n4nccn4)C3)nccc21. The molecule has 152 valence electrons. The summed E-state index contributed by atoms with van der Waals surface area (Å²) in [5, 5.41) is 17.2. The van der Waals surface area contributed by atoms with Crippen LogP contribution in [0.25, 0.3) is 16.6 Å². The summed E-state index contributed by atoms with van der Waals surface area (Å²) in [4.78, 5) is 21.2. The highest BCUT2D eigenvalue weighted by Gasteiger charge is 2.27. The molecular formula is C21H22N8O. The molecule has 1 saturated heterocycles. The molecule has 30 heavy (non-hydrogen) atoms. The number of likely N-dealkylation sites (tertiary alicyclic amines) is 1. The Morgan fingerprint density at radius 1 is 1.10 bits per heavy atom. The van der Waals surface area contributed by atoms with Crippen LogP contribution >= 0.6 is 0 Å². The Hall–Kier alpha value is -3.75. The zero-order valence-corrected chi connectivity index (χ0v) is 16.6. The van der Waals surface area contributed by atoms with Crippen LogP contribution in [0.4, 0.5) is 5.82 Å². The number of anilines is 1. The van der Waals surface area contributed by atoms with Gasteiger partial charge in [-0.2, -0.15) is 20.1 Å². The highest BCUT2D eigenvalue weighted by molar-refractivity contribution is 5.98. The van der Waals surface area contributed by atoms with Gasteiger partial charge in [0.2, 0.25) is 0 Å². The first-order valence-corrected chi connectivity index (χ1v) is 9.99. The van der Waals surface area contributed by atoms with Crippen LogP contribution in [0.15, 0.2) is 55.1 Å². The maximum absolute atomic E-state index is 13.3. The zero-order valence-electron chi connectivity index (χ0n) is 16.6.